The lowest BCUT2D eigenvalue weighted by molar-refractivity contribution is -0.136. The molecule has 0 atom stereocenters. The van der Waals surface area contributed by atoms with Crippen LogP contribution in [-0.2, 0) is 9.59 Å². The molecule has 0 aliphatic carbocycles. The predicted octanol–water partition coefficient (Wildman–Crippen LogP) is 4.06. The van der Waals surface area contributed by atoms with E-state index in [1.807, 2.05) is 0 Å². The monoisotopic (exact) mass is 495 g/mol. The molecule has 0 radical (unpaired) electrons. The Kier molecular flexibility index (Phi) is 8.42. The van der Waals surface area contributed by atoms with Crippen molar-refractivity contribution in [2.75, 3.05) is 19.5 Å². The summed E-state index contributed by atoms with van der Waals surface area (Å²) < 4.78 is 15.8. The zero-order valence-electron chi connectivity index (χ0n) is 19.1. The molecule has 180 valence electrons. The van der Waals surface area contributed by atoms with Gasteiger partial charge in [-0.3, -0.25) is 9.59 Å². The maximum absolute atomic E-state index is 12.4. The number of nitrogens with one attached hydrogen (secondary N) is 2. The van der Waals surface area contributed by atoms with Crippen LogP contribution in [0.2, 0.25) is 5.02 Å². The van der Waals surface area contributed by atoms with Gasteiger partial charge in [-0.2, -0.15) is 5.10 Å². The molecular weight excluding hydrogens is 474 g/mol. The van der Waals surface area contributed by atoms with Gasteiger partial charge in [-0.1, -0.05) is 23.7 Å². The third-order valence-electron chi connectivity index (χ3n) is 4.76. The summed E-state index contributed by atoms with van der Waals surface area (Å²) in [4.78, 5) is 36.7. The van der Waals surface area contributed by atoms with Gasteiger partial charge in [0, 0.05) is 11.3 Å². The van der Waals surface area contributed by atoms with Crippen molar-refractivity contribution in [1.29, 1.82) is 0 Å². The highest BCUT2D eigenvalue weighted by molar-refractivity contribution is 6.39. The Labute approximate surface area is 206 Å². The molecule has 3 rings (SSSR count). The van der Waals surface area contributed by atoms with Crippen LogP contribution in [0, 0.1) is 0 Å². The fraction of sp³-hybridized carbons (Fsp3) is 0.120. The van der Waals surface area contributed by atoms with E-state index in [1.54, 1.807) is 67.6 Å². The number of esters is 1. The molecule has 0 spiro atoms. The van der Waals surface area contributed by atoms with Gasteiger partial charge in [0.05, 0.1) is 30.5 Å². The lowest BCUT2D eigenvalue weighted by Gasteiger charge is -2.11. The lowest BCUT2D eigenvalue weighted by Crippen LogP contribution is -2.32. The number of amides is 2. The number of ether oxygens (including phenoxy) is 3. The maximum Gasteiger partial charge on any atom is 0.345 e. The molecule has 2 amide bonds. The van der Waals surface area contributed by atoms with Crippen LogP contribution in [-0.4, -0.2) is 37.7 Å². The molecule has 0 saturated carbocycles. The van der Waals surface area contributed by atoms with Gasteiger partial charge in [-0.25, -0.2) is 10.2 Å². The molecule has 0 aliphatic heterocycles. The topological polar surface area (TPSA) is 115 Å². The van der Waals surface area contributed by atoms with E-state index in [-0.39, 0.29) is 22.1 Å². The number of hydrogen-bond donors (Lipinski definition) is 2. The number of nitrogens with zero attached hydrogens (tertiary/aromatic N) is 1. The second-order valence-electron chi connectivity index (χ2n) is 7.06. The molecule has 0 bridgehead atoms. The third kappa shape index (κ3) is 6.58. The number of carbonyl (C=O) groups is 3. The molecule has 3 aromatic rings. The number of methoxy groups -OCH3 is 2. The molecule has 0 aliphatic rings. The lowest BCUT2D eigenvalue weighted by atomic mass is 10.1. The number of anilines is 1. The first-order valence-electron chi connectivity index (χ1n) is 10.3. The average molecular weight is 496 g/mol. The molecule has 10 heteroatoms. The first-order chi connectivity index (χ1) is 16.8. The Hall–Kier alpha value is -4.37. The van der Waals surface area contributed by atoms with E-state index in [9.17, 15) is 14.4 Å². The minimum atomic E-state index is -0.947. The molecule has 0 saturated heterocycles. The summed E-state index contributed by atoms with van der Waals surface area (Å²) in [5, 5.41) is 6.70. The van der Waals surface area contributed by atoms with Crippen molar-refractivity contribution in [3.63, 3.8) is 0 Å². The van der Waals surface area contributed by atoms with Crippen LogP contribution in [0.4, 0.5) is 5.69 Å². The summed E-state index contributed by atoms with van der Waals surface area (Å²) >= 11 is 6.05. The summed E-state index contributed by atoms with van der Waals surface area (Å²) in [5.41, 5.74) is 3.80. The normalized spacial score (nSPS) is 10.8. The van der Waals surface area contributed by atoms with Crippen molar-refractivity contribution >= 4 is 40.8 Å². The molecule has 0 aromatic heterocycles. The van der Waals surface area contributed by atoms with Crippen LogP contribution in [0.15, 0.2) is 71.8 Å². The van der Waals surface area contributed by atoms with E-state index in [0.717, 1.165) is 0 Å². The van der Waals surface area contributed by atoms with E-state index in [2.05, 4.69) is 15.8 Å². The van der Waals surface area contributed by atoms with Gasteiger partial charge in [0.2, 0.25) is 0 Å². The Morgan fingerprint density at radius 3 is 2.23 bits per heavy atom. The van der Waals surface area contributed by atoms with Crippen LogP contribution in [0.25, 0.3) is 0 Å². The van der Waals surface area contributed by atoms with Gasteiger partial charge >= 0.3 is 17.8 Å². The van der Waals surface area contributed by atoms with E-state index < -0.39 is 17.8 Å². The van der Waals surface area contributed by atoms with Crippen molar-refractivity contribution in [3.05, 3.63) is 82.9 Å². The Bertz CT molecular complexity index is 1270. The molecule has 0 heterocycles. The third-order valence-corrected chi connectivity index (χ3v) is 5.09. The SMILES string of the molecule is COc1ccc(NC(=O)C(=O)N/N=C(\C)c2ccc(OC(=O)c3ccccc3Cl)c(OC)c2)cc1. The number of hydrazone groups is 1. The largest absolute Gasteiger partial charge is 0.497 e. The van der Waals surface area contributed by atoms with Crippen molar-refractivity contribution in [2.45, 2.75) is 6.92 Å². The zero-order chi connectivity index (χ0) is 25.4. The van der Waals surface area contributed by atoms with Crippen LogP contribution in [0.1, 0.15) is 22.8 Å². The highest BCUT2D eigenvalue weighted by Crippen LogP contribution is 2.30. The average Bonchev–Trinajstić information content (AvgIpc) is 2.87. The number of hydrogen-bond acceptors (Lipinski definition) is 7. The van der Waals surface area contributed by atoms with E-state index in [1.165, 1.54) is 20.3 Å². The van der Waals surface area contributed by atoms with E-state index in [4.69, 9.17) is 25.8 Å². The van der Waals surface area contributed by atoms with Gasteiger partial charge in [0.1, 0.15) is 5.75 Å². The van der Waals surface area contributed by atoms with Crippen LogP contribution >= 0.6 is 11.6 Å². The smallest absolute Gasteiger partial charge is 0.345 e. The van der Waals surface area contributed by atoms with Gasteiger partial charge in [0.15, 0.2) is 11.5 Å². The van der Waals surface area contributed by atoms with Crippen LogP contribution < -0.4 is 25.0 Å². The molecular formula is C25H22ClN3O6. The van der Waals surface area contributed by atoms with Gasteiger partial charge in [-0.15, -0.1) is 0 Å². The highest BCUT2D eigenvalue weighted by Gasteiger charge is 2.17. The fourth-order valence-electron chi connectivity index (χ4n) is 2.87. The zero-order valence-corrected chi connectivity index (χ0v) is 19.9. The second kappa shape index (κ2) is 11.7. The van der Waals surface area contributed by atoms with E-state index >= 15 is 0 Å². The van der Waals surface area contributed by atoms with Gasteiger partial charge < -0.3 is 19.5 Å². The first kappa shape index (κ1) is 25.3. The number of rotatable bonds is 7. The first-order valence-corrected chi connectivity index (χ1v) is 10.6. The fourth-order valence-corrected chi connectivity index (χ4v) is 3.08. The van der Waals surface area contributed by atoms with Crippen LogP contribution in [0.3, 0.4) is 0 Å². The summed E-state index contributed by atoms with van der Waals surface area (Å²) in [6.45, 7) is 1.63. The van der Waals surface area contributed by atoms with Crippen molar-refractivity contribution in [2.24, 2.45) is 5.10 Å². The standard InChI is InChI=1S/C25H22ClN3O6/c1-15(28-29-24(31)23(30)27-17-9-11-18(33-2)12-10-17)16-8-13-21(22(14-16)34-3)35-25(32)19-6-4-5-7-20(19)26/h4-14H,1-3H3,(H,27,30)(H,29,31)/b28-15+. The Balaban J connectivity index is 1.65. The summed E-state index contributed by atoms with van der Waals surface area (Å²) in [6, 6.07) is 17.8. The summed E-state index contributed by atoms with van der Waals surface area (Å²) in [7, 11) is 2.95. The minimum absolute atomic E-state index is 0.178. The summed E-state index contributed by atoms with van der Waals surface area (Å²) in [5.74, 6) is -1.41. The van der Waals surface area contributed by atoms with Gasteiger partial charge in [-0.05, 0) is 61.5 Å². The van der Waals surface area contributed by atoms with Crippen molar-refractivity contribution in [1.82, 2.24) is 5.43 Å². The molecule has 35 heavy (non-hydrogen) atoms. The quantitative estimate of drug-likeness (QED) is 0.168. The maximum atomic E-state index is 12.4. The molecule has 0 fully saturated rings. The van der Waals surface area contributed by atoms with Gasteiger partial charge in [0.25, 0.3) is 0 Å². The predicted molar refractivity (Wildman–Crippen MR) is 131 cm³/mol. The van der Waals surface area contributed by atoms with E-state index in [0.29, 0.717) is 22.7 Å². The molecule has 2 N–H and O–H groups in total. The minimum Gasteiger partial charge on any atom is -0.497 e. The van der Waals surface area contributed by atoms with Crippen LogP contribution in [0.5, 0.6) is 17.2 Å². The van der Waals surface area contributed by atoms with Crippen molar-refractivity contribution in [3.8, 4) is 17.2 Å². The number of carbonyl (C=O) groups excluding carboxylic acids is 3. The molecule has 3 aromatic carbocycles. The molecule has 9 nitrogen and oxygen atoms in total. The Morgan fingerprint density at radius 2 is 1.57 bits per heavy atom. The molecule has 0 unspecified atom stereocenters. The Morgan fingerprint density at radius 1 is 0.857 bits per heavy atom. The second-order valence-corrected chi connectivity index (χ2v) is 7.46. The number of benzene rings is 3. The highest BCUT2D eigenvalue weighted by atomic mass is 35.5. The number of halogens is 1. The van der Waals surface area contributed by atoms with Crippen molar-refractivity contribution < 1.29 is 28.6 Å². The summed E-state index contributed by atoms with van der Waals surface area (Å²) in [6.07, 6.45) is 0.